The molecule has 1 rings (SSSR count). The van der Waals surface area contributed by atoms with Crippen molar-refractivity contribution in [2.45, 2.75) is 0 Å². The number of anilines is 1. The molecule has 1 aromatic rings. The first kappa shape index (κ1) is 13.6. The highest BCUT2D eigenvalue weighted by Gasteiger charge is 2.22. The molecule has 0 fully saturated rings. The van der Waals surface area contributed by atoms with E-state index in [1.165, 1.54) is 18.2 Å². The Morgan fingerprint density at radius 3 is 2.22 bits per heavy atom. The summed E-state index contributed by atoms with van der Waals surface area (Å²) in [6, 6.07) is 5.65. The summed E-state index contributed by atoms with van der Waals surface area (Å²) < 4.78 is 21.9. The summed E-state index contributed by atoms with van der Waals surface area (Å²) in [6.45, 7) is 0. The number of nitrogens with zero attached hydrogens (tertiary/aromatic N) is 1. The number of benzene rings is 1. The number of ether oxygens (including phenoxy) is 2. The topological polar surface area (TPSA) is 77.0 Å². The first-order valence-corrected chi connectivity index (χ1v) is 4.85. The Morgan fingerprint density at radius 2 is 1.72 bits per heavy atom. The van der Waals surface area contributed by atoms with Gasteiger partial charge in [0.2, 0.25) is 0 Å². The Labute approximate surface area is 102 Å². The fraction of sp³-hybridized carbons (Fsp3) is 0.182. The number of esters is 2. The van der Waals surface area contributed by atoms with E-state index in [1.54, 1.807) is 6.07 Å². The number of carbonyl (C=O) groups excluding carboxylic acids is 2. The standard InChI is InChI=1S/C11H11FN2O4/c1-17-10(15)9(11(16)18-2)14-13-8-6-4-3-5-7(8)12/h3-6,13H,1-2H3. The van der Waals surface area contributed by atoms with Crippen molar-refractivity contribution in [3.8, 4) is 0 Å². The van der Waals surface area contributed by atoms with Crippen LogP contribution in [0.25, 0.3) is 0 Å². The summed E-state index contributed by atoms with van der Waals surface area (Å²) in [5, 5.41) is 3.47. The summed E-state index contributed by atoms with van der Waals surface area (Å²) in [6.07, 6.45) is 0. The van der Waals surface area contributed by atoms with E-state index in [9.17, 15) is 14.0 Å². The monoisotopic (exact) mass is 254 g/mol. The van der Waals surface area contributed by atoms with Gasteiger partial charge in [-0.05, 0) is 12.1 Å². The number of hydrazone groups is 1. The van der Waals surface area contributed by atoms with Gasteiger partial charge < -0.3 is 9.47 Å². The fourth-order valence-corrected chi connectivity index (χ4v) is 1.04. The van der Waals surface area contributed by atoms with Crippen LogP contribution in [0.2, 0.25) is 0 Å². The highest BCUT2D eigenvalue weighted by molar-refractivity contribution is 6.62. The summed E-state index contributed by atoms with van der Waals surface area (Å²) in [4.78, 5) is 22.5. The lowest BCUT2D eigenvalue weighted by Gasteiger charge is -2.04. The van der Waals surface area contributed by atoms with Crippen LogP contribution in [-0.4, -0.2) is 31.9 Å². The molecule has 0 amide bonds. The Morgan fingerprint density at radius 1 is 1.17 bits per heavy atom. The minimum absolute atomic E-state index is 0.0165. The summed E-state index contributed by atoms with van der Waals surface area (Å²) in [5.41, 5.74) is 1.66. The van der Waals surface area contributed by atoms with E-state index in [0.29, 0.717) is 0 Å². The van der Waals surface area contributed by atoms with E-state index >= 15 is 0 Å². The van der Waals surface area contributed by atoms with Crippen molar-refractivity contribution in [1.82, 2.24) is 0 Å². The minimum Gasteiger partial charge on any atom is -0.464 e. The Hall–Kier alpha value is -2.44. The molecule has 1 aromatic carbocycles. The zero-order valence-corrected chi connectivity index (χ0v) is 9.77. The number of nitrogens with one attached hydrogen (secondary N) is 1. The van der Waals surface area contributed by atoms with Gasteiger partial charge in [0, 0.05) is 0 Å². The van der Waals surface area contributed by atoms with Crippen LogP contribution < -0.4 is 5.43 Å². The first-order chi connectivity index (χ1) is 8.60. The van der Waals surface area contributed by atoms with Crippen molar-refractivity contribution in [3.63, 3.8) is 0 Å². The third kappa shape index (κ3) is 3.27. The molecular weight excluding hydrogens is 243 g/mol. The number of halogens is 1. The quantitative estimate of drug-likeness (QED) is 0.374. The van der Waals surface area contributed by atoms with Crippen LogP contribution in [0.1, 0.15) is 0 Å². The van der Waals surface area contributed by atoms with Gasteiger partial charge in [0.15, 0.2) is 0 Å². The molecule has 0 bridgehead atoms. The summed E-state index contributed by atoms with van der Waals surface area (Å²) >= 11 is 0. The molecule has 0 aliphatic heterocycles. The molecular formula is C11H11FN2O4. The van der Waals surface area contributed by atoms with Crippen molar-refractivity contribution in [2.24, 2.45) is 5.10 Å². The van der Waals surface area contributed by atoms with Crippen LogP contribution in [0.5, 0.6) is 0 Å². The number of hydrogen-bond acceptors (Lipinski definition) is 6. The van der Waals surface area contributed by atoms with Crippen LogP contribution in [0, 0.1) is 5.82 Å². The largest absolute Gasteiger partial charge is 0.464 e. The lowest BCUT2D eigenvalue weighted by molar-refractivity contribution is -0.138. The zero-order valence-electron chi connectivity index (χ0n) is 9.77. The molecule has 0 saturated heterocycles. The van der Waals surface area contributed by atoms with Gasteiger partial charge in [-0.1, -0.05) is 12.1 Å². The molecule has 6 nitrogen and oxygen atoms in total. The SMILES string of the molecule is COC(=O)C(=NNc1ccccc1F)C(=O)OC. The van der Waals surface area contributed by atoms with Crippen LogP contribution in [-0.2, 0) is 19.1 Å². The van der Waals surface area contributed by atoms with Gasteiger partial charge in [0.1, 0.15) is 5.82 Å². The van der Waals surface area contributed by atoms with Gasteiger partial charge in [0.05, 0.1) is 19.9 Å². The maximum Gasteiger partial charge on any atom is 0.366 e. The van der Waals surface area contributed by atoms with E-state index in [0.717, 1.165) is 14.2 Å². The van der Waals surface area contributed by atoms with E-state index in [-0.39, 0.29) is 5.69 Å². The Kier molecular flexibility index (Phi) is 4.79. The molecule has 0 heterocycles. The van der Waals surface area contributed by atoms with Crippen molar-refractivity contribution >= 4 is 23.3 Å². The average Bonchev–Trinajstić information content (AvgIpc) is 2.40. The predicted octanol–water partition coefficient (Wildman–Crippen LogP) is 0.940. The van der Waals surface area contributed by atoms with Gasteiger partial charge in [-0.15, -0.1) is 0 Å². The Bertz CT molecular complexity index is 470. The molecule has 7 heteroatoms. The zero-order chi connectivity index (χ0) is 13.5. The third-order valence-electron chi connectivity index (χ3n) is 1.92. The van der Waals surface area contributed by atoms with Gasteiger partial charge in [-0.2, -0.15) is 5.10 Å². The van der Waals surface area contributed by atoms with Crippen LogP contribution >= 0.6 is 0 Å². The maximum absolute atomic E-state index is 13.2. The number of rotatable bonds is 4. The van der Waals surface area contributed by atoms with Gasteiger partial charge in [-0.25, -0.2) is 14.0 Å². The molecule has 0 aliphatic carbocycles. The molecule has 18 heavy (non-hydrogen) atoms. The van der Waals surface area contributed by atoms with Crippen molar-refractivity contribution in [2.75, 3.05) is 19.6 Å². The predicted molar refractivity (Wildman–Crippen MR) is 61.5 cm³/mol. The normalized spacial score (nSPS) is 9.28. The van der Waals surface area contributed by atoms with Crippen LogP contribution in [0.15, 0.2) is 29.4 Å². The molecule has 0 atom stereocenters. The second-order valence-electron chi connectivity index (χ2n) is 3.04. The molecule has 0 aromatic heterocycles. The second kappa shape index (κ2) is 6.33. The third-order valence-corrected chi connectivity index (χ3v) is 1.92. The van der Waals surface area contributed by atoms with Crippen LogP contribution in [0.4, 0.5) is 10.1 Å². The van der Waals surface area contributed by atoms with E-state index < -0.39 is 23.5 Å². The number of methoxy groups -OCH3 is 2. The molecule has 0 saturated carbocycles. The summed E-state index contributed by atoms with van der Waals surface area (Å²) in [7, 11) is 2.17. The maximum atomic E-state index is 13.2. The average molecular weight is 254 g/mol. The van der Waals surface area contributed by atoms with Gasteiger partial charge in [-0.3, -0.25) is 5.43 Å². The van der Waals surface area contributed by atoms with Gasteiger partial charge in [0.25, 0.3) is 5.71 Å². The van der Waals surface area contributed by atoms with Gasteiger partial charge >= 0.3 is 11.9 Å². The van der Waals surface area contributed by atoms with Crippen molar-refractivity contribution in [3.05, 3.63) is 30.1 Å². The molecule has 0 aliphatic rings. The highest BCUT2D eigenvalue weighted by Crippen LogP contribution is 2.12. The minimum atomic E-state index is -0.981. The van der Waals surface area contributed by atoms with Crippen molar-refractivity contribution in [1.29, 1.82) is 0 Å². The number of hydrogen-bond donors (Lipinski definition) is 1. The molecule has 96 valence electrons. The second-order valence-corrected chi connectivity index (χ2v) is 3.04. The molecule has 0 radical (unpaired) electrons. The lowest BCUT2D eigenvalue weighted by atomic mass is 10.3. The van der Waals surface area contributed by atoms with E-state index in [4.69, 9.17) is 0 Å². The van der Waals surface area contributed by atoms with E-state index in [2.05, 4.69) is 20.0 Å². The molecule has 0 spiro atoms. The molecule has 1 N–H and O–H groups in total. The highest BCUT2D eigenvalue weighted by atomic mass is 19.1. The number of carbonyl (C=O) groups is 2. The summed E-state index contributed by atoms with van der Waals surface area (Å²) in [5.74, 6) is -2.54. The van der Waals surface area contributed by atoms with E-state index in [1.807, 2.05) is 0 Å². The lowest BCUT2D eigenvalue weighted by Crippen LogP contribution is -2.27. The van der Waals surface area contributed by atoms with Crippen molar-refractivity contribution < 1.29 is 23.5 Å². The first-order valence-electron chi connectivity index (χ1n) is 4.85. The van der Waals surface area contributed by atoms with Crippen LogP contribution in [0.3, 0.4) is 0 Å². The Balaban J connectivity index is 2.94. The number of para-hydroxylation sites is 1. The molecule has 0 unspecified atom stereocenters. The fourth-order valence-electron chi connectivity index (χ4n) is 1.04. The smallest absolute Gasteiger partial charge is 0.366 e.